The minimum absolute atomic E-state index is 0.135. The first-order chi connectivity index (χ1) is 12.1. The maximum atomic E-state index is 13.7. The van der Waals surface area contributed by atoms with Crippen molar-refractivity contribution in [3.8, 4) is 0 Å². The summed E-state index contributed by atoms with van der Waals surface area (Å²) in [6, 6.07) is 6.11. The SMILES string of the molecule is CN(C(=O)[C@H]1CCCN(C(=O)Nc2ccccc2F)C1)C1CCCC1. The van der Waals surface area contributed by atoms with Crippen LogP contribution in [-0.2, 0) is 4.79 Å². The smallest absolute Gasteiger partial charge is 0.321 e. The van der Waals surface area contributed by atoms with Crippen molar-refractivity contribution in [3.63, 3.8) is 0 Å². The molecule has 1 heterocycles. The Labute approximate surface area is 148 Å². The number of carbonyl (C=O) groups is 2. The van der Waals surface area contributed by atoms with Crippen molar-refractivity contribution >= 4 is 17.6 Å². The van der Waals surface area contributed by atoms with Crippen LogP contribution >= 0.6 is 0 Å². The van der Waals surface area contributed by atoms with Crippen molar-refractivity contribution in [2.24, 2.45) is 5.92 Å². The van der Waals surface area contributed by atoms with Crippen LogP contribution in [0.1, 0.15) is 38.5 Å². The molecule has 3 rings (SSSR count). The Bertz CT molecular complexity index is 631. The Hall–Kier alpha value is -2.11. The maximum Gasteiger partial charge on any atom is 0.321 e. The average Bonchev–Trinajstić information content (AvgIpc) is 3.17. The van der Waals surface area contributed by atoms with Gasteiger partial charge in [0, 0.05) is 26.2 Å². The lowest BCUT2D eigenvalue weighted by Gasteiger charge is -2.35. The minimum atomic E-state index is -0.457. The minimum Gasteiger partial charge on any atom is -0.342 e. The van der Waals surface area contributed by atoms with E-state index in [1.165, 1.54) is 25.0 Å². The van der Waals surface area contributed by atoms with E-state index in [4.69, 9.17) is 0 Å². The van der Waals surface area contributed by atoms with Crippen LogP contribution in [0.4, 0.5) is 14.9 Å². The molecular weight excluding hydrogens is 321 g/mol. The summed E-state index contributed by atoms with van der Waals surface area (Å²) in [6.45, 7) is 0.993. The van der Waals surface area contributed by atoms with Crippen LogP contribution in [0.2, 0.25) is 0 Å². The molecule has 0 aromatic heterocycles. The molecule has 1 N–H and O–H groups in total. The molecular formula is C19H26FN3O2. The van der Waals surface area contributed by atoms with E-state index in [1.807, 2.05) is 11.9 Å². The van der Waals surface area contributed by atoms with Crippen molar-refractivity contribution in [3.05, 3.63) is 30.1 Å². The Kier molecular flexibility index (Phi) is 5.56. The fourth-order valence-corrected chi connectivity index (χ4v) is 3.88. The Balaban J connectivity index is 1.59. The zero-order valence-electron chi connectivity index (χ0n) is 14.7. The summed E-state index contributed by atoms with van der Waals surface area (Å²) in [5.41, 5.74) is 0.170. The second kappa shape index (κ2) is 7.85. The lowest BCUT2D eigenvalue weighted by molar-refractivity contribution is -0.137. The van der Waals surface area contributed by atoms with Gasteiger partial charge in [-0.15, -0.1) is 0 Å². The predicted molar refractivity (Wildman–Crippen MR) is 94.7 cm³/mol. The molecule has 3 amide bonds. The van der Waals surface area contributed by atoms with Crippen molar-refractivity contribution in [2.45, 2.75) is 44.6 Å². The topological polar surface area (TPSA) is 52.7 Å². The van der Waals surface area contributed by atoms with E-state index in [0.29, 0.717) is 19.1 Å². The van der Waals surface area contributed by atoms with Gasteiger partial charge in [0.25, 0.3) is 0 Å². The highest BCUT2D eigenvalue weighted by molar-refractivity contribution is 5.90. The average molecular weight is 347 g/mol. The van der Waals surface area contributed by atoms with Gasteiger partial charge in [-0.1, -0.05) is 25.0 Å². The van der Waals surface area contributed by atoms with Crippen LogP contribution in [0, 0.1) is 11.7 Å². The zero-order valence-corrected chi connectivity index (χ0v) is 14.7. The van der Waals surface area contributed by atoms with Gasteiger partial charge >= 0.3 is 6.03 Å². The molecule has 2 aliphatic rings. The molecule has 1 saturated carbocycles. The van der Waals surface area contributed by atoms with Crippen LogP contribution in [0.25, 0.3) is 0 Å². The number of rotatable bonds is 3. The Morgan fingerprint density at radius 1 is 1.16 bits per heavy atom. The highest BCUT2D eigenvalue weighted by Crippen LogP contribution is 2.26. The molecule has 0 unspecified atom stereocenters. The quantitative estimate of drug-likeness (QED) is 0.910. The molecule has 2 fully saturated rings. The van der Waals surface area contributed by atoms with Gasteiger partial charge in [-0.25, -0.2) is 9.18 Å². The molecule has 1 saturated heterocycles. The summed E-state index contributed by atoms with van der Waals surface area (Å²) in [7, 11) is 1.89. The largest absolute Gasteiger partial charge is 0.342 e. The standard InChI is InChI=1S/C19H26FN3O2/c1-22(15-8-2-3-9-15)18(24)14-7-6-12-23(13-14)19(25)21-17-11-5-4-10-16(17)20/h4-5,10-11,14-15H,2-3,6-9,12-13H2,1H3,(H,21,25)/t14-/m0/s1. The predicted octanol–water partition coefficient (Wildman–Crippen LogP) is 3.47. The maximum absolute atomic E-state index is 13.7. The number of piperidine rings is 1. The summed E-state index contributed by atoms with van der Waals surface area (Å²) in [4.78, 5) is 28.7. The van der Waals surface area contributed by atoms with E-state index in [-0.39, 0.29) is 23.5 Å². The molecule has 0 spiro atoms. The number of carbonyl (C=O) groups excluding carboxylic acids is 2. The van der Waals surface area contributed by atoms with Crippen LogP contribution in [0.3, 0.4) is 0 Å². The van der Waals surface area contributed by atoms with Gasteiger partial charge in [0.2, 0.25) is 5.91 Å². The first-order valence-corrected chi connectivity index (χ1v) is 9.13. The van der Waals surface area contributed by atoms with E-state index < -0.39 is 5.82 Å². The molecule has 6 heteroatoms. The van der Waals surface area contributed by atoms with E-state index in [1.54, 1.807) is 17.0 Å². The normalized spacial score (nSPS) is 21.2. The number of nitrogens with zero attached hydrogens (tertiary/aromatic N) is 2. The third-order valence-electron chi connectivity index (χ3n) is 5.39. The molecule has 0 bridgehead atoms. The zero-order chi connectivity index (χ0) is 17.8. The van der Waals surface area contributed by atoms with Crippen molar-refractivity contribution in [1.82, 2.24) is 9.80 Å². The van der Waals surface area contributed by atoms with Crippen molar-refractivity contribution in [1.29, 1.82) is 0 Å². The van der Waals surface area contributed by atoms with Crippen LogP contribution in [0.5, 0.6) is 0 Å². The van der Waals surface area contributed by atoms with Gasteiger partial charge in [-0.2, -0.15) is 0 Å². The van der Waals surface area contributed by atoms with Gasteiger partial charge in [0.05, 0.1) is 11.6 Å². The van der Waals surface area contributed by atoms with Crippen molar-refractivity contribution < 1.29 is 14.0 Å². The number of nitrogens with one attached hydrogen (secondary N) is 1. The van der Waals surface area contributed by atoms with Gasteiger partial charge in [-0.05, 0) is 37.8 Å². The third kappa shape index (κ3) is 4.11. The Morgan fingerprint density at radius 2 is 1.88 bits per heavy atom. The summed E-state index contributed by atoms with van der Waals surface area (Å²) in [6.07, 6.45) is 6.12. The molecule has 1 aromatic carbocycles. The van der Waals surface area contributed by atoms with Crippen molar-refractivity contribution in [2.75, 3.05) is 25.5 Å². The molecule has 5 nitrogen and oxygen atoms in total. The number of amides is 3. The fraction of sp³-hybridized carbons (Fsp3) is 0.579. The van der Waals surface area contributed by atoms with E-state index >= 15 is 0 Å². The second-order valence-electron chi connectivity index (χ2n) is 7.08. The lowest BCUT2D eigenvalue weighted by atomic mass is 9.96. The summed E-state index contributed by atoms with van der Waals surface area (Å²) < 4.78 is 13.7. The molecule has 1 atom stereocenters. The molecule has 136 valence electrons. The third-order valence-corrected chi connectivity index (χ3v) is 5.39. The number of halogens is 1. The van der Waals surface area contributed by atoms with Crippen LogP contribution in [0.15, 0.2) is 24.3 Å². The number of urea groups is 1. The fourth-order valence-electron chi connectivity index (χ4n) is 3.88. The first-order valence-electron chi connectivity index (χ1n) is 9.13. The molecule has 1 aliphatic heterocycles. The summed E-state index contributed by atoms with van der Waals surface area (Å²) in [5.74, 6) is -0.484. The second-order valence-corrected chi connectivity index (χ2v) is 7.08. The van der Waals surface area contributed by atoms with Crippen LogP contribution in [-0.4, -0.2) is 47.9 Å². The number of para-hydroxylation sites is 1. The lowest BCUT2D eigenvalue weighted by Crippen LogP contribution is -2.48. The number of hydrogen-bond donors (Lipinski definition) is 1. The van der Waals surface area contributed by atoms with Gasteiger partial charge in [0.15, 0.2) is 0 Å². The first kappa shape index (κ1) is 17.7. The molecule has 1 aromatic rings. The number of benzene rings is 1. The van der Waals surface area contributed by atoms with Crippen LogP contribution < -0.4 is 5.32 Å². The van der Waals surface area contributed by atoms with E-state index in [0.717, 1.165) is 25.7 Å². The number of hydrogen-bond acceptors (Lipinski definition) is 2. The van der Waals surface area contributed by atoms with E-state index in [9.17, 15) is 14.0 Å². The molecule has 25 heavy (non-hydrogen) atoms. The van der Waals surface area contributed by atoms with Gasteiger partial charge in [-0.3, -0.25) is 4.79 Å². The number of anilines is 1. The highest BCUT2D eigenvalue weighted by atomic mass is 19.1. The summed E-state index contributed by atoms with van der Waals surface area (Å²) in [5, 5.41) is 2.61. The van der Waals surface area contributed by atoms with E-state index in [2.05, 4.69) is 5.32 Å². The summed E-state index contributed by atoms with van der Waals surface area (Å²) >= 11 is 0. The number of likely N-dealkylation sites (tertiary alicyclic amines) is 1. The van der Waals surface area contributed by atoms with Gasteiger partial charge < -0.3 is 15.1 Å². The molecule has 0 radical (unpaired) electrons. The van der Waals surface area contributed by atoms with Gasteiger partial charge in [0.1, 0.15) is 5.82 Å². The highest BCUT2D eigenvalue weighted by Gasteiger charge is 2.33. The molecule has 1 aliphatic carbocycles. The Morgan fingerprint density at radius 3 is 2.60 bits per heavy atom. The monoisotopic (exact) mass is 347 g/mol.